The first-order chi connectivity index (χ1) is 14.0. The van der Waals surface area contributed by atoms with Gasteiger partial charge in [-0.15, -0.1) is 6.58 Å². The van der Waals surface area contributed by atoms with Crippen molar-refractivity contribution in [1.82, 2.24) is 4.90 Å². The number of hydrogen-bond acceptors (Lipinski definition) is 4. The number of Topliss-reactive ketones (excluding diaryl/α,β-unsaturated/α-hetero) is 1. The Bertz CT molecular complexity index is 971. The molecule has 1 unspecified atom stereocenters. The van der Waals surface area contributed by atoms with Gasteiger partial charge in [0.25, 0.3) is 11.7 Å². The summed E-state index contributed by atoms with van der Waals surface area (Å²) in [5, 5.41) is 10.9. The van der Waals surface area contributed by atoms with Crippen LogP contribution in [0.2, 0.25) is 0 Å². The second-order valence-corrected chi connectivity index (χ2v) is 6.77. The van der Waals surface area contributed by atoms with Crippen LogP contribution in [-0.2, 0) is 9.59 Å². The molecule has 1 aliphatic rings. The molecule has 0 bridgehead atoms. The third-order valence-electron chi connectivity index (χ3n) is 4.75. The highest BCUT2D eigenvalue weighted by Crippen LogP contribution is 2.39. The molecule has 29 heavy (non-hydrogen) atoms. The number of aliphatic hydroxyl groups excluding tert-OH is 1. The van der Waals surface area contributed by atoms with E-state index in [1.807, 2.05) is 31.2 Å². The largest absolute Gasteiger partial charge is 0.507 e. The van der Waals surface area contributed by atoms with E-state index < -0.39 is 17.7 Å². The third-order valence-corrected chi connectivity index (χ3v) is 4.75. The Morgan fingerprint density at radius 1 is 1.07 bits per heavy atom. The predicted molar refractivity (Wildman–Crippen MR) is 113 cm³/mol. The zero-order valence-corrected chi connectivity index (χ0v) is 16.3. The molecule has 0 saturated carbocycles. The topological polar surface area (TPSA) is 66.8 Å². The molecule has 1 aliphatic heterocycles. The molecule has 0 aliphatic carbocycles. The van der Waals surface area contributed by atoms with Crippen molar-refractivity contribution in [2.24, 2.45) is 0 Å². The number of carbonyl (C=O) groups excluding carboxylic acids is 2. The normalized spacial score (nSPS) is 18.0. The van der Waals surface area contributed by atoms with Crippen molar-refractivity contribution >= 4 is 17.4 Å². The minimum atomic E-state index is -0.707. The van der Waals surface area contributed by atoms with Crippen LogP contribution in [0.1, 0.15) is 22.7 Å². The SMILES string of the molecule is C=CCOc1ccc(/C(O)=C2\C(=O)C(=O)N(CC=C)C2c2ccc(C)cc2)cc1. The summed E-state index contributed by atoms with van der Waals surface area (Å²) in [6.07, 6.45) is 3.20. The molecule has 148 valence electrons. The zero-order valence-electron chi connectivity index (χ0n) is 16.3. The van der Waals surface area contributed by atoms with E-state index in [0.717, 1.165) is 11.1 Å². The highest BCUT2D eigenvalue weighted by atomic mass is 16.5. The van der Waals surface area contributed by atoms with Gasteiger partial charge in [0.05, 0.1) is 11.6 Å². The molecule has 3 rings (SSSR count). The molecule has 1 heterocycles. The summed E-state index contributed by atoms with van der Waals surface area (Å²) < 4.78 is 5.45. The summed E-state index contributed by atoms with van der Waals surface area (Å²) in [7, 11) is 0. The number of aliphatic hydroxyl groups is 1. The van der Waals surface area contributed by atoms with Crippen molar-refractivity contribution in [3.63, 3.8) is 0 Å². The summed E-state index contributed by atoms with van der Waals surface area (Å²) in [6, 6.07) is 13.6. The molecule has 2 aromatic rings. The Morgan fingerprint density at radius 2 is 1.72 bits per heavy atom. The smallest absolute Gasteiger partial charge is 0.295 e. The van der Waals surface area contributed by atoms with Crippen molar-refractivity contribution < 1.29 is 19.4 Å². The Hall–Kier alpha value is -3.60. The van der Waals surface area contributed by atoms with Crippen LogP contribution in [0.25, 0.3) is 5.76 Å². The second-order valence-electron chi connectivity index (χ2n) is 6.77. The van der Waals surface area contributed by atoms with E-state index in [2.05, 4.69) is 13.2 Å². The number of carbonyl (C=O) groups is 2. The number of hydrogen-bond donors (Lipinski definition) is 1. The van der Waals surface area contributed by atoms with Crippen molar-refractivity contribution in [2.45, 2.75) is 13.0 Å². The molecule has 1 saturated heterocycles. The molecule has 0 radical (unpaired) electrons. The van der Waals surface area contributed by atoms with Gasteiger partial charge in [-0.05, 0) is 36.8 Å². The van der Waals surface area contributed by atoms with Crippen molar-refractivity contribution in [2.75, 3.05) is 13.2 Å². The van der Waals surface area contributed by atoms with Crippen molar-refractivity contribution in [1.29, 1.82) is 0 Å². The summed E-state index contributed by atoms with van der Waals surface area (Å²) in [5.41, 5.74) is 2.32. The maximum absolute atomic E-state index is 12.8. The fraction of sp³-hybridized carbons (Fsp3) is 0.167. The molecule has 1 amide bonds. The predicted octanol–water partition coefficient (Wildman–Crippen LogP) is 4.17. The Morgan fingerprint density at radius 3 is 2.31 bits per heavy atom. The summed E-state index contributed by atoms with van der Waals surface area (Å²) in [4.78, 5) is 26.8. The Balaban J connectivity index is 2.08. The first-order valence-corrected chi connectivity index (χ1v) is 9.28. The van der Waals surface area contributed by atoms with Crippen LogP contribution >= 0.6 is 0 Å². The molecule has 5 heteroatoms. The third kappa shape index (κ3) is 3.99. The molecule has 1 atom stereocenters. The molecular weight excluding hydrogens is 366 g/mol. The van der Waals surface area contributed by atoms with E-state index in [4.69, 9.17) is 4.74 Å². The Labute approximate surface area is 170 Å². The monoisotopic (exact) mass is 389 g/mol. The average molecular weight is 389 g/mol. The summed E-state index contributed by atoms with van der Waals surface area (Å²) in [5.74, 6) is -0.954. The molecular formula is C24H23NO4. The summed E-state index contributed by atoms with van der Waals surface area (Å²) in [6.45, 7) is 9.81. The maximum atomic E-state index is 12.8. The minimum Gasteiger partial charge on any atom is -0.507 e. The highest BCUT2D eigenvalue weighted by Gasteiger charge is 2.45. The maximum Gasteiger partial charge on any atom is 0.295 e. The van der Waals surface area contributed by atoms with Gasteiger partial charge in [0, 0.05) is 12.1 Å². The van der Waals surface area contributed by atoms with E-state index in [1.54, 1.807) is 36.4 Å². The molecule has 1 fully saturated rings. The Kier molecular flexibility index (Phi) is 5.98. The van der Waals surface area contributed by atoms with Crippen LogP contribution < -0.4 is 4.74 Å². The average Bonchev–Trinajstić information content (AvgIpc) is 2.98. The lowest BCUT2D eigenvalue weighted by molar-refractivity contribution is -0.139. The van der Waals surface area contributed by atoms with Gasteiger partial charge in [-0.3, -0.25) is 9.59 Å². The fourth-order valence-electron chi connectivity index (χ4n) is 3.32. The first kappa shape index (κ1) is 20.1. The van der Waals surface area contributed by atoms with Crippen molar-refractivity contribution in [3.05, 3.63) is 96.1 Å². The number of ketones is 1. The zero-order chi connectivity index (χ0) is 21.0. The van der Waals surface area contributed by atoms with Crippen LogP contribution in [0.3, 0.4) is 0 Å². The van der Waals surface area contributed by atoms with Crippen LogP contribution in [-0.4, -0.2) is 34.8 Å². The molecule has 5 nitrogen and oxygen atoms in total. The quantitative estimate of drug-likeness (QED) is 0.334. The highest BCUT2D eigenvalue weighted by molar-refractivity contribution is 6.46. The van der Waals surface area contributed by atoms with Crippen LogP contribution in [0, 0.1) is 6.92 Å². The van der Waals surface area contributed by atoms with Gasteiger partial charge in [-0.1, -0.05) is 48.6 Å². The molecule has 2 aromatic carbocycles. The van der Waals surface area contributed by atoms with Gasteiger partial charge in [0.2, 0.25) is 0 Å². The van der Waals surface area contributed by atoms with Crippen LogP contribution in [0.5, 0.6) is 5.75 Å². The number of nitrogens with zero attached hydrogens (tertiary/aromatic N) is 1. The van der Waals surface area contributed by atoms with Crippen LogP contribution in [0.15, 0.2) is 79.4 Å². The molecule has 0 aromatic heterocycles. The van der Waals surface area contributed by atoms with Crippen LogP contribution in [0.4, 0.5) is 0 Å². The fourth-order valence-corrected chi connectivity index (χ4v) is 3.32. The molecule has 0 spiro atoms. The van der Waals surface area contributed by atoms with E-state index in [0.29, 0.717) is 17.9 Å². The number of ether oxygens (including phenoxy) is 1. The number of aryl methyl sites for hydroxylation is 1. The van der Waals surface area contributed by atoms with Gasteiger partial charge in [-0.25, -0.2) is 0 Å². The van der Waals surface area contributed by atoms with E-state index in [9.17, 15) is 14.7 Å². The number of amides is 1. The number of rotatable bonds is 7. The van der Waals surface area contributed by atoms with E-state index >= 15 is 0 Å². The van der Waals surface area contributed by atoms with Gasteiger partial charge < -0.3 is 14.7 Å². The lowest BCUT2D eigenvalue weighted by atomic mass is 9.94. The lowest BCUT2D eigenvalue weighted by Gasteiger charge is -2.24. The van der Waals surface area contributed by atoms with Gasteiger partial charge in [0.15, 0.2) is 0 Å². The first-order valence-electron chi connectivity index (χ1n) is 9.28. The van der Waals surface area contributed by atoms with Gasteiger partial charge in [-0.2, -0.15) is 0 Å². The van der Waals surface area contributed by atoms with Gasteiger partial charge >= 0.3 is 0 Å². The number of likely N-dealkylation sites (tertiary alicyclic amines) is 1. The summed E-state index contributed by atoms with van der Waals surface area (Å²) >= 11 is 0. The minimum absolute atomic E-state index is 0.0699. The van der Waals surface area contributed by atoms with Gasteiger partial charge in [0.1, 0.15) is 18.1 Å². The van der Waals surface area contributed by atoms with E-state index in [1.165, 1.54) is 4.90 Å². The second kappa shape index (κ2) is 8.61. The lowest BCUT2D eigenvalue weighted by Crippen LogP contribution is -2.29. The van der Waals surface area contributed by atoms with E-state index in [-0.39, 0.29) is 17.9 Å². The van der Waals surface area contributed by atoms with Crippen molar-refractivity contribution in [3.8, 4) is 5.75 Å². The molecule has 1 N–H and O–H groups in total. The standard InChI is InChI=1S/C24H23NO4/c1-4-14-25-21(17-8-6-16(3)7-9-17)20(23(27)24(25)28)22(26)18-10-12-19(13-11-18)29-15-5-2/h4-13,21,26H,1-2,14-15H2,3H3/b22-20+. The number of benzene rings is 2.